The SMILES string of the molecule is N#CC[C@@H](N)c1cc(Br)cs1. The standard InChI is InChI=1S/C7H7BrN2S/c8-5-3-7(11-4-5)6(10)1-2-9/h3-4,6H,1,10H2/t6-/m1/s1. The van der Waals surface area contributed by atoms with E-state index in [1.807, 2.05) is 17.5 Å². The Balaban J connectivity index is 2.70. The van der Waals surface area contributed by atoms with Crippen molar-refractivity contribution >= 4 is 27.3 Å². The maximum atomic E-state index is 8.37. The first-order valence-corrected chi connectivity index (χ1v) is 4.77. The van der Waals surface area contributed by atoms with Gasteiger partial charge in [0.05, 0.1) is 18.5 Å². The third kappa shape index (κ3) is 2.29. The molecule has 0 radical (unpaired) electrons. The summed E-state index contributed by atoms with van der Waals surface area (Å²) < 4.78 is 1.03. The van der Waals surface area contributed by atoms with Gasteiger partial charge in [0.15, 0.2) is 0 Å². The van der Waals surface area contributed by atoms with Crippen LogP contribution in [-0.2, 0) is 0 Å². The van der Waals surface area contributed by atoms with Crippen LogP contribution in [0.4, 0.5) is 0 Å². The van der Waals surface area contributed by atoms with Crippen molar-refractivity contribution in [1.29, 1.82) is 5.26 Å². The number of nitriles is 1. The van der Waals surface area contributed by atoms with E-state index in [0.717, 1.165) is 9.35 Å². The first-order valence-electron chi connectivity index (χ1n) is 3.10. The number of hydrogen-bond acceptors (Lipinski definition) is 3. The van der Waals surface area contributed by atoms with E-state index in [-0.39, 0.29) is 6.04 Å². The number of rotatable bonds is 2. The van der Waals surface area contributed by atoms with Gasteiger partial charge in [-0.15, -0.1) is 11.3 Å². The maximum absolute atomic E-state index is 8.37. The molecule has 0 saturated carbocycles. The van der Waals surface area contributed by atoms with Gasteiger partial charge in [-0.1, -0.05) is 0 Å². The van der Waals surface area contributed by atoms with Gasteiger partial charge in [0, 0.05) is 14.7 Å². The molecule has 0 aliphatic rings. The molecule has 0 bridgehead atoms. The monoisotopic (exact) mass is 230 g/mol. The molecule has 0 unspecified atom stereocenters. The molecule has 4 heteroatoms. The van der Waals surface area contributed by atoms with Crippen molar-refractivity contribution in [2.45, 2.75) is 12.5 Å². The van der Waals surface area contributed by atoms with E-state index in [1.54, 1.807) is 11.3 Å². The molecular weight excluding hydrogens is 224 g/mol. The third-order valence-electron chi connectivity index (χ3n) is 1.26. The second kappa shape index (κ2) is 3.86. The molecule has 1 aromatic heterocycles. The van der Waals surface area contributed by atoms with Crippen LogP contribution in [0.1, 0.15) is 17.3 Å². The highest BCUT2D eigenvalue weighted by molar-refractivity contribution is 9.10. The summed E-state index contributed by atoms with van der Waals surface area (Å²) in [4.78, 5) is 1.05. The molecule has 2 nitrogen and oxygen atoms in total. The van der Waals surface area contributed by atoms with E-state index in [2.05, 4.69) is 15.9 Å². The van der Waals surface area contributed by atoms with Gasteiger partial charge in [0.2, 0.25) is 0 Å². The molecule has 0 fully saturated rings. The highest BCUT2D eigenvalue weighted by Crippen LogP contribution is 2.25. The fraction of sp³-hybridized carbons (Fsp3) is 0.286. The van der Waals surface area contributed by atoms with Gasteiger partial charge in [-0.05, 0) is 22.0 Å². The lowest BCUT2D eigenvalue weighted by atomic mass is 10.2. The summed E-state index contributed by atoms with van der Waals surface area (Å²) in [5, 5.41) is 10.3. The van der Waals surface area contributed by atoms with Gasteiger partial charge in [0.1, 0.15) is 0 Å². The average molecular weight is 231 g/mol. The molecule has 58 valence electrons. The predicted molar refractivity (Wildman–Crippen MR) is 49.2 cm³/mol. The minimum atomic E-state index is -0.128. The number of hydrogen-bond donors (Lipinski definition) is 1. The zero-order valence-electron chi connectivity index (χ0n) is 5.75. The predicted octanol–water partition coefficient (Wildman–Crippen LogP) is 2.42. The molecule has 0 amide bonds. The molecule has 1 aromatic rings. The number of halogens is 1. The molecule has 0 saturated heterocycles. The van der Waals surface area contributed by atoms with Crippen LogP contribution in [0.2, 0.25) is 0 Å². The van der Waals surface area contributed by atoms with E-state index >= 15 is 0 Å². The average Bonchev–Trinajstić information content (AvgIpc) is 2.36. The van der Waals surface area contributed by atoms with E-state index in [0.29, 0.717) is 6.42 Å². The number of nitrogens with two attached hydrogens (primary N) is 1. The summed E-state index contributed by atoms with van der Waals surface area (Å²) in [6.07, 6.45) is 0.382. The van der Waals surface area contributed by atoms with Crippen LogP contribution in [0.5, 0.6) is 0 Å². The first kappa shape index (κ1) is 8.72. The second-order valence-electron chi connectivity index (χ2n) is 2.14. The molecule has 1 rings (SSSR count). The Hall–Kier alpha value is -0.370. The lowest BCUT2D eigenvalue weighted by Crippen LogP contribution is -2.06. The quantitative estimate of drug-likeness (QED) is 0.849. The summed E-state index contributed by atoms with van der Waals surface area (Å²) in [5.41, 5.74) is 5.69. The van der Waals surface area contributed by atoms with Crippen LogP contribution in [0.25, 0.3) is 0 Å². The van der Waals surface area contributed by atoms with Gasteiger partial charge in [-0.25, -0.2) is 0 Å². The van der Waals surface area contributed by atoms with Crippen molar-refractivity contribution in [3.63, 3.8) is 0 Å². The Morgan fingerprint density at radius 2 is 2.55 bits per heavy atom. The third-order valence-corrected chi connectivity index (χ3v) is 3.09. The largest absolute Gasteiger partial charge is 0.322 e. The Labute approximate surface area is 77.8 Å². The van der Waals surface area contributed by atoms with Crippen LogP contribution in [0.15, 0.2) is 15.9 Å². The molecule has 0 aromatic carbocycles. The number of thiophene rings is 1. The van der Waals surface area contributed by atoms with Gasteiger partial charge < -0.3 is 5.73 Å². The molecule has 11 heavy (non-hydrogen) atoms. The Morgan fingerprint density at radius 1 is 1.82 bits per heavy atom. The smallest absolute Gasteiger partial charge is 0.0642 e. The van der Waals surface area contributed by atoms with Gasteiger partial charge in [0.25, 0.3) is 0 Å². The fourth-order valence-electron chi connectivity index (χ4n) is 0.722. The van der Waals surface area contributed by atoms with Crippen LogP contribution >= 0.6 is 27.3 Å². The van der Waals surface area contributed by atoms with E-state index in [9.17, 15) is 0 Å². The van der Waals surface area contributed by atoms with Crippen LogP contribution in [0, 0.1) is 11.3 Å². The van der Waals surface area contributed by atoms with Crippen molar-refractivity contribution in [1.82, 2.24) is 0 Å². The lowest BCUT2D eigenvalue weighted by Gasteiger charge is -2.01. The highest BCUT2D eigenvalue weighted by Gasteiger charge is 2.06. The van der Waals surface area contributed by atoms with E-state index in [1.165, 1.54) is 0 Å². The highest BCUT2D eigenvalue weighted by atomic mass is 79.9. The van der Waals surface area contributed by atoms with E-state index < -0.39 is 0 Å². The minimum absolute atomic E-state index is 0.128. The summed E-state index contributed by atoms with van der Waals surface area (Å²) in [7, 11) is 0. The topological polar surface area (TPSA) is 49.8 Å². The summed E-state index contributed by atoms with van der Waals surface area (Å²) in [5.74, 6) is 0. The second-order valence-corrected chi connectivity index (χ2v) is 3.99. The summed E-state index contributed by atoms with van der Waals surface area (Å²) >= 11 is 4.90. The fourth-order valence-corrected chi connectivity index (χ4v) is 2.17. The Kier molecular flexibility index (Phi) is 3.06. The lowest BCUT2D eigenvalue weighted by molar-refractivity contribution is 0.764. The van der Waals surface area contributed by atoms with Crippen molar-refractivity contribution < 1.29 is 0 Å². The van der Waals surface area contributed by atoms with Crippen molar-refractivity contribution in [2.75, 3.05) is 0 Å². The van der Waals surface area contributed by atoms with Gasteiger partial charge in [-0.3, -0.25) is 0 Å². The minimum Gasteiger partial charge on any atom is -0.322 e. The normalized spacial score (nSPS) is 12.5. The molecule has 1 heterocycles. The molecule has 2 N–H and O–H groups in total. The van der Waals surface area contributed by atoms with Crippen molar-refractivity contribution in [2.24, 2.45) is 5.73 Å². The Bertz CT molecular complexity index is 276. The van der Waals surface area contributed by atoms with Gasteiger partial charge >= 0.3 is 0 Å². The molecular formula is C7H7BrN2S. The molecule has 0 aliphatic heterocycles. The van der Waals surface area contributed by atoms with Crippen molar-refractivity contribution in [3.05, 3.63) is 20.8 Å². The van der Waals surface area contributed by atoms with Gasteiger partial charge in [-0.2, -0.15) is 5.26 Å². The van der Waals surface area contributed by atoms with Crippen LogP contribution in [-0.4, -0.2) is 0 Å². The number of nitrogens with zero attached hydrogens (tertiary/aromatic N) is 1. The zero-order valence-corrected chi connectivity index (χ0v) is 8.15. The maximum Gasteiger partial charge on any atom is 0.0642 e. The Morgan fingerprint density at radius 3 is 3.00 bits per heavy atom. The van der Waals surface area contributed by atoms with E-state index in [4.69, 9.17) is 11.0 Å². The molecule has 0 aliphatic carbocycles. The zero-order chi connectivity index (χ0) is 8.27. The van der Waals surface area contributed by atoms with Crippen molar-refractivity contribution in [3.8, 4) is 6.07 Å². The molecule has 1 atom stereocenters. The summed E-state index contributed by atoms with van der Waals surface area (Å²) in [6.45, 7) is 0. The summed E-state index contributed by atoms with van der Waals surface area (Å²) in [6, 6.07) is 3.86. The van der Waals surface area contributed by atoms with Crippen LogP contribution < -0.4 is 5.73 Å². The molecule has 0 spiro atoms. The first-order chi connectivity index (χ1) is 5.24. The van der Waals surface area contributed by atoms with Crippen LogP contribution in [0.3, 0.4) is 0 Å².